The highest BCUT2D eigenvalue weighted by Gasteiger charge is 2.35. The van der Waals surface area contributed by atoms with Crippen LogP contribution in [0.1, 0.15) is 94.2 Å². The van der Waals surface area contributed by atoms with Crippen molar-refractivity contribution in [3.8, 4) is 21.8 Å². The van der Waals surface area contributed by atoms with Gasteiger partial charge in [-0.1, -0.05) is 52.0 Å². The number of carbonyl (C=O) groups is 3. The second-order valence-electron chi connectivity index (χ2n) is 17.5. The van der Waals surface area contributed by atoms with Crippen LogP contribution in [0.2, 0.25) is 0 Å². The van der Waals surface area contributed by atoms with E-state index in [0.29, 0.717) is 67.0 Å². The number of amides is 3. The summed E-state index contributed by atoms with van der Waals surface area (Å²) in [5.41, 5.74) is 3.41. The van der Waals surface area contributed by atoms with E-state index < -0.39 is 15.8 Å². The lowest BCUT2D eigenvalue weighted by Crippen LogP contribution is -2.42. The van der Waals surface area contributed by atoms with E-state index in [1.165, 1.54) is 23.0 Å². The molecule has 3 N–H and O–H groups in total. The lowest BCUT2D eigenvalue weighted by Gasteiger charge is -2.34. The first kappa shape index (κ1) is 43.8. The maximum Gasteiger partial charge on any atom is 0.234 e. The number of imide groups is 1. The highest BCUT2D eigenvalue weighted by Crippen LogP contribution is 2.42. The van der Waals surface area contributed by atoms with Crippen molar-refractivity contribution >= 4 is 62.2 Å². The normalized spacial score (nSPS) is 18.7. The largest absolute Gasteiger partial charge is 0.356 e. The number of pyridine rings is 1. The number of hydrogen-bond acceptors (Lipinski definition) is 12. The number of nitrogens with zero attached hydrogens (tertiary/aromatic N) is 6. The van der Waals surface area contributed by atoms with Gasteiger partial charge in [-0.2, -0.15) is 0 Å². The van der Waals surface area contributed by atoms with Gasteiger partial charge in [-0.25, -0.2) is 32.7 Å². The average Bonchev–Trinajstić information content (AvgIpc) is 3.94. The molecule has 5 aromatic rings. The topological polar surface area (TPSA) is 179 Å². The van der Waals surface area contributed by atoms with Gasteiger partial charge in [0.2, 0.25) is 33.7 Å². The Morgan fingerprint density at radius 3 is 2.40 bits per heavy atom. The van der Waals surface area contributed by atoms with E-state index in [1.807, 2.05) is 49.9 Å². The second kappa shape index (κ2) is 18.1. The van der Waals surface area contributed by atoms with E-state index in [4.69, 9.17) is 9.97 Å². The van der Waals surface area contributed by atoms with Gasteiger partial charge >= 0.3 is 0 Å². The minimum Gasteiger partial charge on any atom is -0.356 e. The third-order valence-corrected chi connectivity index (χ3v) is 14.8. The summed E-state index contributed by atoms with van der Waals surface area (Å²) >= 11 is 1.41. The fourth-order valence-electron chi connectivity index (χ4n) is 8.45. The van der Waals surface area contributed by atoms with Gasteiger partial charge in [-0.3, -0.25) is 24.4 Å². The fourth-order valence-corrected chi connectivity index (χ4v) is 10.7. The van der Waals surface area contributed by atoms with E-state index >= 15 is 4.39 Å². The van der Waals surface area contributed by atoms with Crippen molar-refractivity contribution in [2.75, 3.05) is 46.9 Å². The number of likely N-dealkylation sites (tertiary alicyclic amines) is 1. The lowest BCUT2D eigenvalue weighted by molar-refractivity contribution is -0.136. The van der Waals surface area contributed by atoms with Gasteiger partial charge in [0.1, 0.15) is 5.82 Å². The summed E-state index contributed by atoms with van der Waals surface area (Å²) in [6.07, 6.45) is 7.05. The molecule has 1 unspecified atom stereocenters. The highest BCUT2D eigenvalue weighted by atomic mass is 32.2. The zero-order valence-electron chi connectivity index (χ0n) is 35.9. The van der Waals surface area contributed by atoms with Crippen LogP contribution in [-0.2, 0) is 29.8 Å². The van der Waals surface area contributed by atoms with Crippen LogP contribution < -0.4 is 20.3 Å². The van der Waals surface area contributed by atoms with Crippen LogP contribution >= 0.6 is 11.3 Å². The SMILES string of the molecule is CCCS(=O)(=O)Nc1cccc(-c2nc(C(C)(C)C)sc2-c2ccnc(Nc3ccc(C4CCN(C(=O)[C@@H]5CCN(c6ccc(C7CCC(=O)NC7=O)cn6)C5)CC4)cc3)n2)c1F. The quantitative estimate of drug-likeness (QED) is 0.104. The van der Waals surface area contributed by atoms with Gasteiger partial charge in [-0.15, -0.1) is 11.3 Å². The van der Waals surface area contributed by atoms with Crippen molar-refractivity contribution in [2.45, 2.75) is 83.5 Å². The molecule has 3 fully saturated rings. The smallest absolute Gasteiger partial charge is 0.234 e. The van der Waals surface area contributed by atoms with Crippen LogP contribution in [-0.4, -0.2) is 82.9 Å². The molecule has 3 aromatic heterocycles. The number of anilines is 4. The monoisotopic (exact) mass is 893 g/mol. The van der Waals surface area contributed by atoms with E-state index in [2.05, 4.69) is 42.4 Å². The summed E-state index contributed by atoms with van der Waals surface area (Å²) in [6, 6.07) is 18.4. The molecular weight excluding hydrogens is 842 g/mol. The average molecular weight is 894 g/mol. The fraction of sp³-hybridized carbons (Fsp3) is 0.413. The van der Waals surface area contributed by atoms with Gasteiger partial charge in [0.15, 0.2) is 5.82 Å². The van der Waals surface area contributed by atoms with Crippen LogP contribution in [0.25, 0.3) is 21.8 Å². The zero-order valence-corrected chi connectivity index (χ0v) is 37.5. The molecule has 0 bridgehead atoms. The Bertz CT molecular complexity index is 2610. The summed E-state index contributed by atoms with van der Waals surface area (Å²) < 4.78 is 43.5. The van der Waals surface area contributed by atoms with Crippen molar-refractivity contribution in [3.63, 3.8) is 0 Å². The summed E-state index contributed by atoms with van der Waals surface area (Å²) in [5.74, 6) is -0.178. The number of nitrogens with one attached hydrogen (secondary N) is 3. The van der Waals surface area contributed by atoms with Gasteiger partial charge in [-0.05, 0) is 85.5 Å². The third kappa shape index (κ3) is 9.89. The minimum absolute atomic E-state index is 0.0985. The maximum absolute atomic E-state index is 16.1. The number of benzene rings is 2. The van der Waals surface area contributed by atoms with E-state index in [-0.39, 0.29) is 52.0 Å². The number of sulfonamides is 1. The standard InChI is InChI=1S/C46H52FN9O5S2/c1-5-25-63(60,61)54-35-8-6-7-34(39(35)47)40-41(62-44(53-40)46(2,3)4)36-17-21-48-45(51-36)50-32-12-9-28(10-13-32)29-18-22-55(23-19-29)43(59)31-20-24-56(27-31)37-15-11-30(26-49-37)33-14-16-38(57)52-42(33)58/h6-13,15,17,21,26,29,31,33,54H,5,14,16,18-20,22-25,27H2,1-4H3,(H,48,50,51)(H,52,57,58)/t31-,33?/m1/s1. The molecular formula is C46H52FN9O5S2. The molecule has 0 aliphatic carbocycles. The molecule has 0 saturated carbocycles. The molecule has 8 rings (SSSR count). The van der Waals surface area contributed by atoms with Gasteiger partial charge in [0.25, 0.3) is 0 Å². The number of hydrogen-bond donors (Lipinski definition) is 3. The molecule has 2 aromatic carbocycles. The van der Waals surface area contributed by atoms with Crippen LogP contribution in [0.3, 0.4) is 0 Å². The number of carbonyl (C=O) groups excluding carboxylic acids is 3. The molecule has 14 nitrogen and oxygen atoms in total. The van der Waals surface area contributed by atoms with Crippen molar-refractivity contribution in [3.05, 3.63) is 95.0 Å². The van der Waals surface area contributed by atoms with Crippen LogP contribution in [0.15, 0.2) is 73.1 Å². The molecule has 3 aliphatic rings. The Balaban J connectivity index is 0.883. The summed E-state index contributed by atoms with van der Waals surface area (Å²) in [5, 5.41) is 6.49. The minimum atomic E-state index is -3.72. The van der Waals surface area contributed by atoms with E-state index in [0.717, 1.165) is 47.9 Å². The maximum atomic E-state index is 16.1. The first-order valence-corrected chi connectivity index (χ1v) is 24.0. The van der Waals surface area contributed by atoms with Gasteiger partial charge in [0, 0.05) is 61.7 Å². The van der Waals surface area contributed by atoms with E-state index in [9.17, 15) is 22.8 Å². The van der Waals surface area contributed by atoms with E-state index in [1.54, 1.807) is 37.5 Å². The Hall–Kier alpha value is -5.81. The van der Waals surface area contributed by atoms with Crippen molar-refractivity contribution < 1.29 is 27.2 Å². The Labute approximate surface area is 371 Å². The Kier molecular flexibility index (Phi) is 12.6. The predicted molar refractivity (Wildman–Crippen MR) is 243 cm³/mol. The number of aromatic nitrogens is 4. The molecule has 2 atom stereocenters. The molecule has 0 radical (unpaired) electrons. The first-order valence-electron chi connectivity index (χ1n) is 21.5. The molecule has 3 amide bonds. The number of halogens is 1. The van der Waals surface area contributed by atoms with Gasteiger partial charge < -0.3 is 15.1 Å². The van der Waals surface area contributed by atoms with Gasteiger partial charge in [0.05, 0.1) is 44.5 Å². The number of thiazole rings is 1. The molecule has 0 spiro atoms. The van der Waals surface area contributed by atoms with Crippen molar-refractivity contribution in [1.82, 2.24) is 30.2 Å². The summed E-state index contributed by atoms with van der Waals surface area (Å²) in [4.78, 5) is 61.1. The predicted octanol–water partition coefficient (Wildman–Crippen LogP) is 7.75. The second-order valence-corrected chi connectivity index (χ2v) is 20.4. The first-order chi connectivity index (χ1) is 30.2. The molecule has 3 saturated heterocycles. The Morgan fingerprint density at radius 1 is 0.937 bits per heavy atom. The van der Waals surface area contributed by atoms with Crippen molar-refractivity contribution in [2.24, 2.45) is 5.92 Å². The highest BCUT2D eigenvalue weighted by molar-refractivity contribution is 7.92. The summed E-state index contributed by atoms with van der Waals surface area (Å²) in [6.45, 7) is 10.6. The zero-order chi connectivity index (χ0) is 44.5. The number of rotatable bonds is 12. The summed E-state index contributed by atoms with van der Waals surface area (Å²) in [7, 11) is -3.72. The molecule has 3 aliphatic heterocycles. The molecule has 6 heterocycles. The Morgan fingerprint density at radius 2 is 1.70 bits per heavy atom. The number of piperidine rings is 2. The van der Waals surface area contributed by atoms with Crippen LogP contribution in [0.5, 0.6) is 0 Å². The molecule has 330 valence electrons. The lowest BCUT2D eigenvalue weighted by atomic mass is 9.89. The van der Waals surface area contributed by atoms with Crippen LogP contribution in [0.4, 0.5) is 27.5 Å². The van der Waals surface area contributed by atoms with Crippen molar-refractivity contribution in [1.29, 1.82) is 0 Å². The molecule has 17 heteroatoms. The third-order valence-electron chi connectivity index (χ3n) is 11.9. The molecule has 63 heavy (non-hydrogen) atoms. The van der Waals surface area contributed by atoms with Crippen LogP contribution in [0, 0.1) is 11.7 Å².